The predicted molar refractivity (Wildman–Crippen MR) is 77.1 cm³/mol. The van der Waals surface area contributed by atoms with E-state index in [4.69, 9.17) is 0 Å². The number of anilines is 1. The molecule has 2 aromatic carbocycles. The minimum atomic E-state index is -4.67. The summed E-state index contributed by atoms with van der Waals surface area (Å²) in [5.41, 5.74) is 2.61. The van der Waals surface area contributed by atoms with Crippen LogP contribution >= 0.6 is 0 Å². The van der Waals surface area contributed by atoms with Gasteiger partial charge in [-0.15, -0.1) is 13.2 Å². The lowest BCUT2D eigenvalue weighted by molar-refractivity contribution is -0.274. The first kappa shape index (κ1) is 15.0. The standard InChI is InChI=1S/C16H14F3NO/c1-12(13-5-3-2-4-6-13)11-20-14-7-9-15(10-8-14)21-16(17,18)19/h2-10,20H,1,11H2. The van der Waals surface area contributed by atoms with Gasteiger partial charge in [-0.3, -0.25) is 0 Å². The SMILES string of the molecule is C=C(CNc1ccc(OC(F)(F)F)cc1)c1ccccc1. The lowest BCUT2D eigenvalue weighted by Gasteiger charge is -2.11. The normalized spacial score (nSPS) is 11.0. The highest BCUT2D eigenvalue weighted by Crippen LogP contribution is 2.24. The summed E-state index contributed by atoms with van der Waals surface area (Å²) in [6.45, 7) is 4.47. The third-order valence-electron chi connectivity index (χ3n) is 2.78. The van der Waals surface area contributed by atoms with Crippen molar-refractivity contribution in [2.24, 2.45) is 0 Å². The van der Waals surface area contributed by atoms with Crippen LogP contribution in [0.5, 0.6) is 5.75 Å². The predicted octanol–water partition coefficient (Wildman–Crippen LogP) is 4.71. The molecule has 0 spiro atoms. The topological polar surface area (TPSA) is 21.3 Å². The maximum atomic E-state index is 12.0. The average Bonchev–Trinajstić information content (AvgIpc) is 2.45. The van der Waals surface area contributed by atoms with Crippen molar-refractivity contribution in [3.05, 3.63) is 66.7 Å². The molecule has 0 amide bonds. The van der Waals surface area contributed by atoms with Gasteiger partial charge in [0.15, 0.2) is 0 Å². The molecule has 0 aromatic heterocycles. The fourth-order valence-electron chi connectivity index (χ4n) is 1.76. The average molecular weight is 293 g/mol. The quantitative estimate of drug-likeness (QED) is 0.862. The van der Waals surface area contributed by atoms with Crippen molar-refractivity contribution in [2.75, 3.05) is 11.9 Å². The van der Waals surface area contributed by atoms with Crippen molar-refractivity contribution in [3.63, 3.8) is 0 Å². The first-order valence-corrected chi connectivity index (χ1v) is 6.27. The second-order valence-electron chi connectivity index (χ2n) is 4.40. The van der Waals surface area contributed by atoms with Crippen molar-refractivity contribution >= 4 is 11.3 Å². The van der Waals surface area contributed by atoms with Gasteiger partial charge in [-0.25, -0.2) is 0 Å². The summed E-state index contributed by atoms with van der Waals surface area (Å²) in [4.78, 5) is 0. The molecule has 0 aliphatic heterocycles. The zero-order valence-electron chi connectivity index (χ0n) is 11.2. The molecule has 2 rings (SSSR count). The molecule has 0 aliphatic carbocycles. The first-order chi connectivity index (χ1) is 9.94. The van der Waals surface area contributed by atoms with Crippen molar-refractivity contribution in [1.29, 1.82) is 0 Å². The molecule has 0 radical (unpaired) electrons. The minimum absolute atomic E-state index is 0.241. The largest absolute Gasteiger partial charge is 0.573 e. The smallest absolute Gasteiger partial charge is 0.406 e. The summed E-state index contributed by atoms with van der Waals surface area (Å²) in [6.07, 6.45) is -4.67. The Bertz CT molecular complexity index is 591. The van der Waals surface area contributed by atoms with Gasteiger partial charge < -0.3 is 10.1 Å². The van der Waals surface area contributed by atoms with E-state index in [0.29, 0.717) is 12.2 Å². The van der Waals surface area contributed by atoms with E-state index in [2.05, 4.69) is 16.6 Å². The van der Waals surface area contributed by atoms with Crippen LogP contribution in [0.15, 0.2) is 61.2 Å². The summed E-state index contributed by atoms with van der Waals surface area (Å²) in [5, 5.41) is 3.10. The van der Waals surface area contributed by atoms with Gasteiger partial charge in [0.05, 0.1) is 0 Å². The van der Waals surface area contributed by atoms with Crippen molar-refractivity contribution in [1.82, 2.24) is 0 Å². The van der Waals surface area contributed by atoms with Gasteiger partial charge in [0.25, 0.3) is 0 Å². The Morgan fingerprint density at radius 2 is 1.62 bits per heavy atom. The van der Waals surface area contributed by atoms with Gasteiger partial charge >= 0.3 is 6.36 Å². The molecule has 0 saturated heterocycles. The number of nitrogens with one attached hydrogen (secondary N) is 1. The van der Waals surface area contributed by atoms with Crippen molar-refractivity contribution < 1.29 is 17.9 Å². The second kappa shape index (κ2) is 6.35. The summed E-state index contributed by atoms with van der Waals surface area (Å²) in [7, 11) is 0. The molecule has 1 N–H and O–H groups in total. The van der Waals surface area contributed by atoms with Gasteiger partial charge in [0, 0.05) is 12.2 Å². The number of hydrogen-bond donors (Lipinski definition) is 1. The van der Waals surface area contributed by atoms with Crippen LogP contribution in [0.1, 0.15) is 5.56 Å². The third-order valence-corrected chi connectivity index (χ3v) is 2.78. The first-order valence-electron chi connectivity index (χ1n) is 6.27. The number of ether oxygens (including phenoxy) is 1. The Kier molecular flexibility index (Phi) is 4.52. The molecule has 0 unspecified atom stereocenters. The van der Waals surface area contributed by atoms with E-state index in [1.807, 2.05) is 30.3 Å². The highest BCUT2D eigenvalue weighted by atomic mass is 19.4. The molecule has 0 bridgehead atoms. The van der Waals surface area contributed by atoms with Crippen LogP contribution in [0.25, 0.3) is 5.57 Å². The molecule has 0 fully saturated rings. The van der Waals surface area contributed by atoms with E-state index in [1.165, 1.54) is 24.3 Å². The Hall–Kier alpha value is -2.43. The fourth-order valence-corrected chi connectivity index (χ4v) is 1.76. The number of rotatable bonds is 5. The number of alkyl halides is 3. The maximum absolute atomic E-state index is 12.0. The number of hydrogen-bond acceptors (Lipinski definition) is 2. The van der Waals surface area contributed by atoms with Crippen LogP contribution in [0, 0.1) is 0 Å². The summed E-state index contributed by atoms with van der Waals surface area (Å²) in [6, 6.07) is 15.2. The van der Waals surface area contributed by atoms with E-state index in [1.54, 1.807) is 0 Å². The zero-order chi connectivity index (χ0) is 15.3. The molecule has 0 atom stereocenters. The van der Waals surface area contributed by atoms with E-state index in [-0.39, 0.29) is 5.75 Å². The lowest BCUT2D eigenvalue weighted by atomic mass is 10.1. The van der Waals surface area contributed by atoms with E-state index >= 15 is 0 Å². The van der Waals surface area contributed by atoms with E-state index in [0.717, 1.165) is 11.1 Å². The van der Waals surface area contributed by atoms with Gasteiger partial charge in [0.1, 0.15) is 5.75 Å². The van der Waals surface area contributed by atoms with Crippen LogP contribution in [0.3, 0.4) is 0 Å². The second-order valence-corrected chi connectivity index (χ2v) is 4.40. The molecule has 2 aromatic rings. The van der Waals surface area contributed by atoms with Gasteiger partial charge in [-0.2, -0.15) is 0 Å². The van der Waals surface area contributed by atoms with Crippen molar-refractivity contribution in [2.45, 2.75) is 6.36 Å². The number of halogens is 3. The summed E-state index contributed by atoms with van der Waals surface area (Å²) < 4.78 is 39.9. The van der Waals surface area contributed by atoms with Gasteiger partial charge in [-0.1, -0.05) is 36.9 Å². The molecular formula is C16H14F3NO. The molecular weight excluding hydrogens is 279 g/mol. The molecule has 2 nitrogen and oxygen atoms in total. The lowest BCUT2D eigenvalue weighted by Crippen LogP contribution is -2.17. The van der Waals surface area contributed by atoms with Crippen LogP contribution in [-0.4, -0.2) is 12.9 Å². The number of benzene rings is 2. The third kappa shape index (κ3) is 4.87. The van der Waals surface area contributed by atoms with Crippen LogP contribution < -0.4 is 10.1 Å². The Morgan fingerprint density at radius 3 is 2.19 bits per heavy atom. The van der Waals surface area contributed by atoms with Gasteiger partial charge in [0.2, 0.25) is 0 Å². The van der Waals surface area contributed by atoms with E-state index < -0.39 is 6.36 Å². The van der Waals surface area contributed by atoms with Crippen LogP contribution in [-0.2, 0) is 0 Å². The minimum Gasteiger partial charge on any atom is -0.406 e. The van der Waals surface area contributed by atoms with E-state index in [9.17, 15) is 13.2 Å². The zero-order valence-corrected chi connectivity index (χ0v) is 11.2. The molecule has 5 heteroatoms. The highest BCUT2D eigenvalue weighted by Gasteiger charge is 2.30. The summed E-state index contributed by atoms with van der Waals surface area (Å²) in [5.74, 6) is -0.241. The molecule has 110 valence electrons. The van der Waals surface area contributed by atoms with Gasteiger partial charge in [-0.05, 0) is 35.4 Å². The molecule has 21 heavy (non-hydrogen) atoms. The van der Waals surface area contributed by atoms with Crippen LogP contribution in [0.2, 0.25) is 0 Å². The monoisotopic (exact) mass is 293 g/mol. The fraction of sp³-hybridized carbons (Fsp3) is 0.125. The Balaban J connectivity index is 1.91. The van der Waals surface area contributed by atoms with Crippen molar-refractivity contribution in [3.8, 4) is 5.75 Å². The molecule has 0 aliphatic rings. The summed E-state index contributed by atoms with van der Waals surface area (Å²) >= 11 is 0. The maximum Gasteiger partial charge on any atom is 0.573 e. The highest BCUT2D eigenvalue weighted by molar-refractivity contribution is 5.67. The molecule has 0 heterocycles. The molecule has 0 saturated carbocycles. The Morgan fingerprint density at radius 1 is 1.00 bits per heavy atom. The Labute approximate surface area is 120 Å². The van der Waals surface area contributed by atoms with Crippen LogP contribution in [0.4, 0.5) is 18.9 Å².